The van der Waals surface area contributed by atoms with E-state index in [-0.39, 0.29) is 59.5 Å². The molecule has 0 spiro atoms. The minimum atomic E-state index is -0.137. The molecule has 1 aliphatic heterocycles. The van der Waals surface area contributed by atoms with Crippen molar-refractivity contribution < 1.29 is 14.3 Å². The van der Waals surface area contributed by atoms with Crippen LogP contribution in [0.3, 0.4) is 0 Å². The van der Waals surface area contributed by atoms with Crippen LogP contribution in [0.15, 0.2) is 35.5 Å². The average Bonchev–Trinajstić information content (AvgIpc) is 3.31. The van der Waals surface area contributed by atoms with Gasteiger partial charge >= 0.3 is 0 Å². The molecule has 4 atom stereocenters. The van der Waals surface area contributed by atoms with Gasteiger partial charge < -0.3 is 15.4 Å². The highest BCUT2D eigenvalue weighted by atomic mass is 127. The van der Waals surface area contributed by atoms with Crippen molar-refractivity contribution in [2.24, 2.45) is 34.6 Å². The fourth-order valence-corrected chi connectivity index (χ4v) is 5.10. The van der Waals surface area contributed by atoms with Gasteiger partial charge in [0, 0.05) is 31.9 Å². The van der Waals surface area contributed by atoms with Crippen LogP contribution in [0.5, 0.6) is 5.88 Å². The summed E-state index contributed by atoms with van der Waals surface area (Å²) in [5.74, 6) is 2.20. The van der Waals surface area contributed by atoms with E-state index in [0.717, 1.165) is 25.1 Å². The van der Waals surface area contributed by atoms with Crippen molar-refractivity contribution in [3.05, 3.63) is 36.0 Å². The number of rotatable bonds is 9. The summed E-state index contributed by atoms with van der Waals surface area (Å²) in [5.41, 5.74) is 1.02. The highest BCUT2D eigenvalue weighted by molar-refractivity contribution is 14.0. The molecule has 3 aliphatic carbocycles. The second kappa shape index (κ2) is 10.4. The van der Waals surface area contributed by atoms with E-state index in [0.29, 0.717) is 37.4 Å². The zero-order chi connectivity index (χ0) is 22.1. The number of aromatic nitrogens is 1. The Kier molecular flexibility index (Phi) is 7.55. The standard InChI is InChI=1S/C24H31N5O3.HI/c1-2-25-24(28-13-16-7-8-26-19(11-16)32-14-15-3-4-15)27-9-10-29-22(30)20-17-5-6-18(12-17)21(20)23(29)31;/h5-8,11,15,17-18,20-21H,2-4,9-10,12-14H2,1H3,(H2,25,27,28);1H. The maximum absolute atomic E-state index is 12.8. The lowest BCUT2D eigenvalue weighted by Crippen LogP contribution is -2.43. The normalized spacial score (nSPS) is 27.5. The summed E-state index contributed by atoms with van der Waals surface area (Å²) in [6.45, 7) is 4.78. The Morgan fingerprint density at radius 1 is 1.18 bits per heavy atom. The SMILES string of the molecule is CCNC(=NCc1ccnc(OCC2CC2)c1)NCCN1C(=O)C2C3C=CC(C3)C2C1=O.I. The molecule has 3 fully saturated rings. The number of likely N-dealkylation sites (tertiary alicyclic amines) is 1. The smallest absolute Gasteiger partial charge is 0.233 e. The molecule has 1 aromatic rings. The Morgan fingerprint density at radius 2 is 1.91 bits per heavy atom. The fourth-order valence-electron chi connectivity index (χ4n) is 5.10. The van der Waals surface area contributed by atoms with E-state index in [9.17, 15) is 9.59 Å². The molecule has 2 N–H and O–H groups in total. The van der Waals surface area contributed by atoms with Crippen LogP contribution in [-0.2, 0) is 16.1 Å². The maximum Gasteiger partial charge on any atom is 0.233 e. The van der Waals surface area contributed by atoms with Crippen LogP contribution in [0.2, 0.25) is 0 Å². The summed E-state index contributed by atoms with van der Waals surface area (Å²) in [6, 6.07) is 3.86. The predicted molar refractivity (Wildman–Crippen MR) is 135 cm³/mol. The molecule has 1 saturated heterocycles. The number of imide groups is 1. The number of carbonyl (C=O) groups is 2. The third kappa shape index (κ3) is 5.17. The van der Waals surface area contributed by atoms with E-state index in [4.69, 9.17) is 4.74 Å². The van der Waals surface area contributed by atoms with Crippen LogP contribution >= 0.6 is 24.0 Å². The van der Waals surface area contributed by atoms with E-state index in [2.05, 4.69) is 32.8 Å². The van der Waals surface area contributed by atoms with Crippen molar-refractivity contribution in [3.8, 4) is 5.88 Å². The number of allylic oxidation sites excluding steroid dienone is 2. The first kappa shape index (κ1) is 24.0. The fraction of sp³-hybridized carbons (Fsp3) is 0.583. The molecular formula is C24H32IN5O3. The number of pyridine rings is 1. The number of guanidine groups is 1. The largest absolute Gasteiger partial charge is 0.477 e. The molecule has 5 rings (SSSR count). The highest BCUT2D eigenvalue weighted by Crippen LogP contribution is 2.52. The van der Waals surface area contributed by atoms with Gasteiger partial charge in [0.05, 0.1) is 25.0 Å². The maximum atomic E-state index is 12.8. The minimum Gasteiger partial charge on any atom is -0.477 e. The first-order chi connectivity index (χ1) is 15.6. The number of nitrogens with one attached hydrogen (secondary N) is 2. The van der Waals surface area contributed by atoms with Gasteiger partial charge in [0.15, 0.2) is 5.96 Å². The molecule has 0 aromatic carbocycles. The number of hydrogen-bond acceptors (Lipinski definition) is 5. The van der Waals surface area contributed by atoms with Gasteiger partial charge in [-0.2, -0.15) is 0 Å². The lowest BCUT2D eigenvalue weighted by Gasteiger charge is -2.18. The summed E-state index contributed by atoms with van der Waals surface area (Å²) in [4.78, 5) is 36.0. The number of halogens is 1. The van der Waals surface area contributed by atoms with Crippen molar-refractivity contribution in [3.63, 3.8) is 0 Å². The lowest BCUT2D eigenvalue weighted by atomic mass is 9.85. The molecule has 2 amide bonds. The predicted octanol–water partition coefficient (Wildman–Crippen LogP) is 2.35. The van der Waals surface area contributed by atoms with Crippen molar-refractivity contribution in [1.29, 1.82) is 0 Å². The van der Waals surface area contributed by atoms with Crippen molar-refractivity contribution >= 4 is 41.8 Å². The Hall–Kier alpha value is -2.17. The summed E-state index contributed by atoms with van der Waals surface area (Å²) < 4.78 is 5.75. The monoisotopic (exact) mass is 565 g/mol. The van der Waals surface area contributed by atoms with E-state index < -0.39 is 0 Å². The van der Waals surface area contributed by atoms with Gasteiger partial charge in [0.2, 0.25) is 17.7 Å². The molecule has 2 heterocycles. The number of nitrogens with zero attached hydrogens (tertiary/aromatic N) is 3. The third-order valence-corrected chi connectivity index (χ3v) is 6.92. The van der Waals surface area contributed by atoms with Crippen LogP contribution in [0.4, 0.5) is 0 Å². The van der Waals surface area contributed by atoms with Gasteiger partial charge in [-0.05, 0) is 55.6 Å². The van der Waals surface area contributed by atoms with E-state index in [1.165, 1.54) is 17.7 Å². The van der Waals surface area contributed by atoms with Crippen LogP contribution in [0.25, 0.3) is 0 Å². The molecule has 2 saturated carbocycles. The van der Waals surface area contributed by atoms with E-state index in [1.54, 1.807) is 6.20 Å². The van der Waals surface area contributed by atoms with E-state index in [1.807, 2.05) is 19.1 Å². The molecule has 9 heteroatoms. The van der Waals surface area contributed by atoms with E-state index >= 15 is 0 Å². The molecule has 4 aliphatic rings. The van der Waals surface area contributed by atoms with Crippen molar-refractivity contribution in [2.75, 3.05) is 26.2 Å². The van der Waals surface area contributed by atoms with Gasteiger partial charge in [-0.1, -0.05) is 12.2 Å². The second-order valence-electron chi connectivity index (χ2n) is 9.21. The number of hydrogen-bond donors (Lipinski definition) is 2. The summed E-state index contributed by atoms with van der Waals surface area (Å²) in [7, 11) is 0. The average molecular weight is 565 g/mol. The second-order valence-corrected chi connectivity index (χ2v) is 9.21. The van der Waals surface area contributed by atoms with Crippen LogP contribution in [0, 0.1) is 29.6 Å². The Morgan fingerprint density at radius 3 is 2.58 bits per heavy atom. The van der Waals surface area contributed by atoms with Crippen LogP contribution < -0.4 is 15.4 Å². The first-order valence-electron chi connectivity index (χ1n) is 11.8. The number of ether oxygens (including phenoxy) is 1. The lowest BCUT2D eigenvalue weighted by molar-refractivity contribution is -0.140. The zero-order valence-electron chi connectivity index (χ0n) is 18.9. The summed E-state index contributed by atoms with van der Waals surface area (Å²) in [5, 5.41) is 6.48. The molecule has 0 radical (unpaired) electrons. The number of carbonyl (C=O) groups excluding carboxylic acids is 2. The first-order valence-corrected chi connectivity index (χ1v) is 11.8. The third-order valence-electron chi connectivity index (χ3n) is 6.92. The molecule has 1 aromatic heterocycles. The number of amides is 2. The Bertz CT molecular complexity index is 918. The van der Waals surface area contributed by atoms with Crippen LogP contribution in [-0.4, -0.2) is 53.9 Å². The molecular weight excluding hydrogens is 533 g/mol. The number of aliphatic imine (C=N–C) groups is 1. The molecule has 4 unspecified atom stereocenters. The molecule has 8 nitrogen and oxygen atoms in total. The number of fused-ring (bicyclic) bond motifs is 5. The zero-order valence-corrected chi connectivity index (χ0v) is 21.2. The van der Waals surface area contributed by atoms with Gasteiger partial charge in [-0.3, -0.25) is 14.5 Å². The quantitative estimate of drug-likeness (QED) is 0.157. The topological polar surface area (TPSA) is 95.9 Å². The molecule has 178 valence electrons. The van der Waals surface area contributed by atoms with Gasteiger partial charge in [-0.15, -0.1) is 24.0 Å². The van der Waals surface area contributed by atoms with Gasteiger partial charge in [0.25, 0.3) is 0 Å². The summed E-state index contributed by atoms with van der Waals surface area (Å²) in [6.07, 6.45) is 9.44. The van der Waals surface area contributed by atoms with Crippen molar-refractivity contribution in [2.45, 2.75) is 32.7 Å². The van der Waals surface area contributed by atoms with Crippen LogP contribution in [0.1, 0.15) is 31.7 Å². The molecule has 2 bridgehead atoms. The Labute approximate surface area is 211 Å². The van der Waals surface area contributed by atoms with Gasteiger partial charge in [0.1, 0.15) is 0 Å². The van der Waals surface area contributed by atoms with Crippen molar-refractivity contribution in [1.82, 2.24) is 20.5 Å². The molecule has 33 heavy (non-hydrogen) atoms. The minimum absolute atomic E-state index is 0. The summed E-state index contributed by atoms with van der Waals surface area (Å²) >= 11 is 0. The Balaban J connectivity index is 0.00000259. The highest BCUT2D eigenvalue weighted by Gasteiger charge is 2.58. The van der Waals surface area contributed by atoms with Gasteiger partial charge in [-0.25, -0.2) is 9.98 Å².